The van der Waals surface area contributed by atoms with Gasteiger partial charge in [0.15, 0.2) is 11.3 Å². The third-order valence-corrected chi connectivity index (χ3v) is 5.54. The Morgan fingerprint density at radius 2 is 1.67 bits per heavy atom. The summed E-state index contributed by atoms with van der Waals surface area (Å²) in [4.78, 5) is 27.8. The fourth-order valence-corrected chi connectivity index (χ4v) is 3.90. The van der Waals surface area contributed by atoms with Crippen molar-refractivity contribution in [1.82, 2.24) is 24.1 Å². The third-order valence-electron chi connectivity index (χ3n) is 5.54. The predicted molar refractivity (Wildman–Crippen MR) is 120 cm³/mol. The summed E-state index contributed by atoms with van der Waals surface area (Å²) in [5, 5.41) is 0.518. The van der Waals surface area contributed by atoms with E-state index in [-0.39, 0.29) is 5.56 Å². The molecular weight excluding hydrogens is 374 g/mol. The molecule has 0 saturated carbocycles. The van der Waals surface area contributed by atoms with E-state index in [0.29, 0.717) is 34.7 Å². The third kappa shape index (κ3) is 2.79. The van der Waals surface area contributed by atoms with Crippen LogP contribution in [-0.4, -0.2) is 24.1 Å². The molecule has 0 atom stereocenters. The molecule has 2 aromatic carbocycles. The maximum absolute atomic E-state index is 13.4. The van der Waals surface area contributed by atoms with Gasteiger partial charge in [0.1, 0.15) is 10.9 Å². The van der Waals surface area contributed by atoms with Crippen molar-refractivity contribution in [2.45, 2.75) is 34.2 Å². The lowest BCUT2D eigenvalue weighted by atomic mass is 10.1. The Morgan fingerprint density at radius 1 is 0.933 bits per heavy atom. The lowest BCUT2D eigenvalue weighted by Gasteiger charge is -2.10. The van der Waals surface area contributed by atoms with Crippen LogP contribution >= 0.6 is 0 Å². The zero-order valence-corrected chi connectivity index (χ0v) is 17.5. The first-order chi connectivity index (χ1) is 14.4. The zero-order chi connectivity index (χ0) is 21.0. The summed E-state index contributed by atoms with van der Waals surface area (Å²) in [6, 6.07) is 14.0. The molecule has 150 valence electrons. The molecule has 30 heavy (non-hydrogen) atoms. The van der Waals surface area contributed by atoms with Gasteiger partial charge < -0.3 is 0 Å². The average Bonchev–Trinajstić information content (AvgIpc) is 3.04. The van der Waals surface area contributed by atoms with Gasteiger partial charge in [-0.05, 0) is 55.2 Å². The van der Waals surface area contributed by atoms with Gasteiger partial charge in [0.05, 0.1) is 17.4 Å². The Labute approximate surface area is 173 Å². The van der Waals surface area contributed by atoms with Crippen molar-refractivity contribution in [3.8, 4) is 5.69 Å². The molecule has 5 aromatic rings. The molecule has 5 rings (SSSR count). The van der Waals surface area contributed by atoms with Crippen molar-refractivity contribution in [2.24, 2.45) is 5.92 Å². The maximum atomic E-state index is 13.4. The fourth-order valence-electron chi connectivity index (χ4n) is 3.90. The van der Waals surface area contributed by atoms with Gasteiger partial charge in [-0.25, -0.2) is 15.0 Å². The fraction of sp³-hybridized carbons (Fsp3) is 0.250. The topological polar surface area (TPSA) is 65.6 Å². The van der Waals surface area contributed by atoms with E-state index in [1.807, 2.05) is 34.9 Å². The highest BCUT2D eigenvalue weighted by Crippen LogP contribution is 2.29. The molecule has 0 N–H and O–H groups in total. The smallest absolute Gasteiger partial charge is 0.265 e. The Morgan fingerprint density at radius 3 is 2.37 bits per heavy atom. The predicted octanol–water partition coefficient (Wildman–Crippen LogP) is 4.56. The molecule has 0 fully saturated rings. The number of nitrogens with zero attached hydrogens (tertiary/aromatic N) is 5. The molecule has 3 aromatic heterocycles. The molecule has 6 nitrogen and oxygen atoms in total. The molecule has 0 unspecified atom stereocenters. The molecule has 0 aliphatic rings. The van der Waals surface area contributed by atoms with Gasteiger partial charge in [-0.2, -0.15) is 0 Å². The van der Waals surface area contributed by atoms with Gasteiger partial charge in [-0.1, -0.05) is 32.0 Å². The molecule has 0 radical (unpaired) electrons. The number of fused-ring (bicyclic) bond motifs is 4. The first-order valence-electron chi connectivity index (χ1n) is 10.2. The minimum absolute atomic E-state index is 0.0779. The van der Waals surface area contributed by atoms with Crippen LogP contribution in [0.4, 0.5) is 0 Å². The van der Waals surface area contributed by atoms with Gasteiger partial charge in [0, 0.05) is 12.2 Å². The van der Waals surface area contributed by atoms with Crippen LogP contribution in [0.2, 0.25) is 0 Å². The maximum Gasteiger partial charge on any atom is 0.265 e. The molecule has 0 spiro atoms. The van der Waals surface area contributed by atoms with Crippen LogP contribution in [0, 0.1) is 19.8 Å². The minimum Gasteiger partial charge on any atom is -0.298 e. The van der Waals surface area contributed by atoms with Crippen molar-refractivity contribution in [2.75, 3.05) is 0 Å². The van der Waals surface area contributed by atoms with Crippen LogP contribution in [0.15, 0.2) is 53.6 Å². The highest BCUT2D eigenvalue weighted by Gasteiger charge is 2.21. The monoisotopic (exact) mass is 397 g/mol. The second-order valence-corrected chi connectivity index (χ2v) is 8.28. The van der Waals surface area contributed by atoms with Crippen LogP contribution in [0.25, 0.3) is 38.9 Å². The molecule has 0 saturated heterocycles. The van der Waals surface area contributed by atoms with E-state index >= 15 is 0 Å². The molecule has 0 bridgehead atoms. The molecule has 0 aliphatic carbocycles. The van der Waals surface area contributed by atoms with E-state index in [2.05, 4.69) is 39.8 Å². The number of benzene rings is 2. The lowest BCUT2D eigenvalue weighted by molar-refractivity contribution is 0.508. The SMILES string of the molecule is Cc1ccc(-n2c3nc4ccccc4nc3c3c(=O)n(CC(C)C)cnc32)cc1C. The number of hydrogen-bond acceptors (Lipinski definition) is 4. The first-order valence-corrected chi connectivity index (χ1v) is 10.2. The highest BCUT2D eigenvalue weighted by atomic mass is 16.1. The summed E-state index contributed by atoms with van der Waals surface area (Å²) in [5.41, 5.74) is 6.63. The van der Waals surface area contributed by atoms with E-state index in [9.17, 15) is 4.79 Å². The zero-order valence-electron chi connectivity index (χ0n) is 17.5. The number of hydrogen-bond donors (Lipinski definition) is 0. The summed E-state index contributed by atoms with van der Waals surface area (Å²) in [7, 11) is 0. The average molecular weight is 397 g/mol. The quantitative estimate of drug-likeness (QED) is 0.448. The van der Waals surface area contributed by atoms with Gasteiger partial charge in [-0.15, -0.1) is 0 Å². The number of aryl methyl sites for hydroxylation is 2. The summed E-state index contributed by atoms with van der Waals surface area (Å²) in [6.07, 6.45) is 1.64. The van der Waals surface area contributed by atoms with Crippen LogP contribution < -0.4 is 5.56 Å². The molecule has 6 heteroatoms. The second kappa shape index (κ2) is 6.76. The Hall–Kier alpha value is -3.54. The van der Waals surface area contributed by atoms with Crippen molar-refractivity contribution in [3.05, 3.63) is 70.3 Å². The number of para-hydroxylation sites is 2. The van der Waals surface area contributed by atoms with Crippen molar-refractivity contribution in [1.29, 1.82) is 0 Å². The van der Waals surface area contributed by atoms with E-state index < -0.39 is 0 Å². The first kappa shape index (κ1) is 18.5. The van der Waals surface area contributed by atoms with E-state index in [1.165, 1.54) is 11.1 Å². The van der Waals surface area contributed by atoms with Gasteiger partial charge >= 0.3 is 0 Å². The Bertz CT molecular complexity index is 1490. The molecule has 3 heterocycles. The van der Waals surface area contributed by atoms with Gasteiger partial charge in [0.25, 0.3) is 5.56 Å². The molecule has 0 aliphatic heterocycles. The second-order valence-electron chi connectivity index (χ2n) is 8.28. The highest BCUT2D eigenvalue weighted by molar-refractivity contribution is 6.05. The Balaban J connectivity index is 1.96. The van der Waals surface area contributed by atoms with E-state index in [1.54, 1.807) is 10.9 Å². The Kier molecular flexibility index (Phi) is 4.17. The minimum atomic E-state index is -0.0779. The van der Waals surface area contributed by atoms with Gasteiger partial charge in [-0.3, -0.25) is 13.9 Å². The summed E-state index contributed by atoms with van der Waals surface area (Å²) >= 11 is 0. The molecule has 0 amide bonds. The number of aromatic nitrogens is 5. The van der Waals surface area contributed by atoms with Crippen LogP contribution in [-0.2, 0) is 6.54 Å². The van der Waals surface area contributed by atoms with E-state index in [4.69, 9.17) is 15.0 Å². The van der Waals surface area contributed by atoms with Crippen molar-refractivity contribution >= 4 is 33.2 Å². The summed E-state index contributed by atoms with van der Waals surface area (Å²) < 4.78 is 3.63. The van der Waals surface area contributed by atoms with Crippen molar-refractivity contribution in [3.63, 3.8) is 0 Å². The lowest BCUT2D eigenvalue weighted by Crippen LogP contribution is -2.23. The summed E-state index contributed by atoms with van der Waals surface area (Å²) in [6.45, 7) is 8.95. The normalized spacial score (nSPS) is 11.9. The van der Waals surface area contributed by atoms with Crippen LogP contribution in [0.3, 0.4) is 0 Å². The van der Waals surface area contributed by atoms with E-state index in [0.717, 1.165) is 16.7 Å². The van der Waals surface area contributed by atoms with Gasteiger partial charge in [0.2, 0.25) is 0 Å². The van der Waals surface area contributed by atoms with Crippen LogP contribution in [0.1, 0.15) is 25.0 Å². The number of rotatable bonds is 3. The van der Waals surface area contributed by atoms with Crippen molar-refractivity contribution < 1.29 is 0 Å². The largest absolute Gasteiger partial charge is 0.298 e. The molecular formula is C24H23N5O. The van der Waals surface area contributed by atoms with Crippen LogP contribution in [0.5, 0.6) is 0 Å². The standard InChI is InChI=1S/C24H23N5O/c1-14(2)12-28-13-25-22-20(24(28)30)21-23(27-19-8-6-5-7-18(19)26-21)29(22)17-10-9-15(3)16(4)11-17/h5-11,13-14H,12H2,1-4H3. The summed E-state index contributed by atoms with van der Waals surface area (Å²) in [5.74, 6) is 0.335.